The third-order valence-corrected chi connectivity index (χ3v) is 3.46. The number of thioether (sulfide) groups is 1. The number of rotatable bonds is 1. The minimum atomic E-state index is 0.0453. The van der Waals surface area contributed by atoms with Gasteiger partial charge >= 0.3 is 0 Å². The fourth-order valence-corrected chi connectivity index (χ4v) is 2.90. The highest BCUT2D eigenvalue weighted by atomic mass is 32.2. The van der Waals surface area contributed by atoms with Gasteiger partial charge in [0.05, 0.1) is 16.9 Å². The van der Waals surface area contributed by atoms with Gasteiger partial charge in [0.2, 0.25) is 0 Å². The van der Waals surface area contributed by atoms with Crippen LogP contribution in [0.2, 0.25) is 0 Å². The number of aromatic nitrogens is 2. The molecule has 2 heterocycles. The van der Waals surface area contributed by atoms with Crippen LogP contribution in [0.1, 0.15) is 37.7 Å². The lowest BCUT2D eigenvalue weighted by molar-refractivity contribution is 0.342. The fourth-order valence-electron chi connectivity index (χ4n) is 1.83. The van der Waals surface area contributed by atoms with Gasteiger partial charge < -0.3 is 5.73 Å². The molecule has 0 atom stereocenters. The van der Waals surface area contributed by atoms with E-state index in [1.165, 1.54) is 17.0 Å². The Labute approximate surface area is 89.1 Å². The molecule has 2 rings (SSSR count). The van der Waals surface area contributed by atoms with E-state index in [0.717, 1.165) is 11.5 Å². The van der Waals surface area contributed by atoms with Crippen LogP contribution < -0.4 is 5.73 Å². The molecule has 0 aromatic carbocycles. The zero-order valence-corrected chi connectivity index (χ0v) is 9.82. The number of hydrogen-bond donors (Lipinski definition) is 1. The Bertz CT molecular complexity index is 349. The first-order chi connectivity index (χ1) is 6.54. The number of fused-ring (bicyclic) bond motifs is 1. The molecule has 0 unspecified atom stereocenters. The topological polar surface area (TPSA) is 43.8 Å². The normalized spacial score (nSPS) is 16.0. The molecule has 4 heteroatoms. The van der Waals surface area contributed by atoms with Crippen LogP contribution in [0, 0.1) is 0 Å². The van der Waals surface area contributed by atoms with Crippen molar-refractivity contribution >= 4 is 11.8 Å². The lowest BCUT2D eigenvalue weighted by Crippen LogP contribution is -2.27. The number of nitrogens with two attached hydrogens (primary N) is 1. The van der Waals surface area contributed by atoms with Gasteiger partial charge in [-0.2, -0.15) is 16.9 Å². The molecule has 78 valence electrons. The summed E-state index contributed by atoms with van der Waals surface area (Å²) in [6, 6.07) is 0. The maximum absolute atomic E-state index is 5.79. The molecule has 0 amide bonds. The fraction of sp³-hybridized carbons (Fsp3) is 0.700. The minimum Gasteiger partial charge on any atom is -0.325 e. The summed E-state index contributed by atoms with van der Waals surface area (Å²) in [6.45, 7) is 7.10. The smallest absolute Gasteiger partial charge is 0.0767 e. The Morgan fingerprint density at radius 3 is 2.71 bits per heavy atom. The molecule has 2 N–H and O–H groups in total. The lowest BCUT2D eigenvalue weighted by Gasteiger charge is -2.22. The second kappa shape index (κ2) is 3.28. The Kier molecular flexibility index (Phi) is 2.35. The first-order valence-electron chi connectivity index (χ1n) is 4.92. The highest BCUT2D eigenvalue weighted by molar-refractivity contribution is 7.98. The molecule has 0 fully saturated rings. The van der Waals surface area contributed by atoms with Crippen molar-refractivity contribution < 1.29 is 0 Å². The van der Waals surface area contributed by atoms with Gasteiger partial charge in [-0.3, -0.25) is 4.68 Å². The van der Waals surface area contributed by atoms with Crippen molar-refractivity contribution in [3.8, 4) is 0 Å². The zero-order valence-electron chi connectivity index (χ0n) is 9.00. The van der Waals surface area contributed by atoms with Gasteiger partial charge in [-0.15, -0.1) is 0 Å². The van der Waals surface area contributed by atoms with Gasteiger partial charge in [-0.25, -0.2) is 0 Å². The average molecular weight is 211 g/mol. The minimum absolute atomic E-state index is 0.0453. The predicted octanol–water partition coefficient (Wildman–Crippen LogP) is 1.84. The Balaban J connectivity index is 2.52. The summed E-state index contributed by atoms with van der Waals surface area (Å²) in [5, 5.41) is 4.65. The summed E-state index contributed by atoms with van der Waals surface area (Å²) in [5.41, 5.74) is 9.68. The Morgan fingerprint density at radius 2 is 2.14 bits per heavy atom. The second-order valence-corrected chi connectivity index (χ2v) is 5.64. The van der Waals surface area contributed by atoms with Crippen molar-refractivity contribution in [2.24, 2.45) is 5.73 Å². The van der Waals surface area contributed by atoms with Crippen LogP contribution in [0.5, 0.6) is 0 Å². The van der Waals surface area contributed by atoms with Crippen LogP contribution in [0.4, 0.5) is 0 Å². The van der Waals surface area contributed by atoms with Crippen LogP contribution in [0.15, 0.2) is 0 Å². The molecule has 0 saturated heterocycles. The highest BCUT2D eigenvalue weighted by Gasteiger charge is 2.26. The maximum Gasteiger partial charge on any atom is 0.0767 e. The predicted molar refractivity (Wildman–Crippen MR) is 60.1 cm³/mol. The summed E-state index contributed by atoms with van der Waals surface area (Å²) in [6.07, 6.45) is 0. The molecule has 3 nitrogen and oxygen atoms in total. The van der Waals surface area contributed by atoms with Crippen molar-refractivity contribution in [2.45, 2.75) is 44.4 Å². The molecule has 0 radical (unpaired) electrons. The van der Waals surface area contributed by atoms with Gasteiger partial charge in [-0.1, -0.05) is 0 Å². The van der Waals surface area contributed by atoms with E-state index in [1.807, 2.05) is 11.8 Å². The largest absolute Gasteiger partial charge is 0.325 e. The molecule has 0 spiro atoms. The summed E-state index contributed by atoms with van der Waals surface area (Å²) >= 11 is 1.93. The van der Waals surface area contributed by atoms with Crippen LogP contribution in [-0.2, 0) is 23.6 Å². The summed E-state index contributed by atoms with van der Waals surface area (Å²) in [4.78, 5) is 0. The van der Waals surface area contributed by atoms with Gasteiger partial charge in [0.15, 0.2) is 0 Å². The summed E-state index contributed by atoms with van der Waals surface area (Å²) in [5.74, 6) is 2.13. The first-order valence-corrected chi connectivity index (χ1v) is 6.07. The molecule has 0 saturated carbocycles. The first kappa shape index (κ1) is 10.1. The molecule has 1 aliphatic heterocycles. The van der Waals surface area contributed by atoms with E-state index in [-0.39, 0.29) is 5.54 Å². The molecular formula is C10H17N3S. The van der Waals surface area contributed by atoms with Gasteiger partial charge in [0.1, 0.15) is 0 Å². The van der Waals surface area contributed by atoms with E-state index in [1.54, 1.807) is 0 Å². The third-order valence-electron chi connectivity index (χ3n) is 2.49. The molecule has 14 heavy (non-hydrogen) atoms. The molecular weight excluding hydrogens is 194 g/mol. The highest BCUT2D eigenvalue weighted by Crippen LogP contribution is 2.33. The summed E-state index contributed by atoms with van der Waals surface area (Å²) in [7, 11) is 0. The quantitative estimate of drug-likeness (QED) is 0.771. The molecule has 1 aromatic heterocycles. The van der Waals surface area contributed by atoms with E-state index < -0.39 is 0 Å². The van der Waals surface area contributed by atoms with E-state index >= 15 is 0 Å². The number of hydrogen-bond acceptors (Lipinski definition) is 3. The molecule has 1 aliphatic rings. The van der Waals surface area contributed by atoms with E-state index in [4.69, 9.17) is 5.73 Å². The van der Waals surface area contributed by atoms with Crippen LogP contribution in [0.25, 0.3) is 0 Å². The van der Waals surface area contributed by atoms with Crippen molar-refractivity contribution in [3.63, 3.8) is 0 Å². The van der Waals surface area contributed by atoms with E-state index in [0.29, 0.717) is 6.54 Å². The van der Waals surface area contributed by atoms with Crippen molar-refractivity contribution in [1.82, 2.24) is 9.78 Å². The average Bonchev–Trinajstić information content (AvgIpc) is 2.58. The van der Waals surface area contributed by atoms with Gasteiger partial charge in [0.25, 0.3) is 0 Å². The standard InChI is InChI=1S/C10H17N3S/c1-10(2,3)13-9(4-11)7-5-14-6-8(7)12-13/h4-6,11H2,1-3H3. The van der Waals surface area contributed by atoms with E-state index in [2.05, 4.69) is 30.6 Å². The maximum atomic E-state index is 5.79. The van der Waals surface area contributed by atoms with E-state index in [9.17, 15) is 0 Å². The lowest BCUT2D eigenvalue weighted by atomic mass is 10.1. The Morgan fingerprint density at radius 1 is 1.43 bits per heavy atom. The molecule has 0 aliphatic carbocycles. The Hall–Kier alpha value is -0.480. The third kappa shape index (κ3) is 1.46. The molecule has 1 aromatic rings. The van der Waals surface area contributed by atoms with Crippen LogP contribution in [0.3, 0.4) is 0 Å². The van der Waals surface area contributed by atoms with Crippen molar-refractivity contribution in [1.29, 1.82) is 0 Å². The molecule has 0 bridgehead atoms. The van der Waals surface area contributed by atoms with Gasteiger partial charge in [0, 0.05) is 23.6 Å². The van der Waals surface area contributed by atoms with Crippen LogP contribution >= 0.6 is 11.8 Å². The monoisotopic (exact) mass is 211 g/mol. The van der Waals surface area contributed by atoms with Crippen molar-refractivity contribution in [2.75, 3.05) is 0 Å². The second-order valence-electron chi connectivity index (χ2n) is 4.65. The number of nitrogens with zero attached hydrogens (tertiary/aromatic N) is 2. The van der Waals surface area contributed by atoms with Gasteiger partial charge in [-0.05, 0) is 20.8 Å². The zero-order chi connectivity index (χ0) is 10.3. The summed E-state index contributed by atoms with van der Waals surface area (Å²) < 4.78 is 2.09. The van der Waals surface area contributed by atoms with Crippen LogP contribution in [-0.4, -0.2) is 9.78 Å². The SMILES string of the molecule is CC(C)(C)n1nc2c(c1CN)CSC2. The van der Waals surface area contributed by atoms with Crippen molar-refractivity contribution in [3.05, 3.63) is 17.0 Å².